The van der Waals surface area contributed by atoms with Crippen LogP contribution >= 0.6 is 0 Å². The van der Waals surface area contributed by atoms with Gasteiger partial charge in [0.2, 0.25) is 0 Å². The average molecular weight is 248 g/mol. The standard InChI is InChI=1S/C16H28N2/c1-5-7-9-14(6-2)12-16(17-4)15-10-8-11-18-13(15)3/h8,10-11,14,16-17H,5-7,9,12H2,1-4H3. The van der Waals surface area contributed by atoms with Crippen molar-refractivity contribution in [2.75, 3.05) is 7.05 Å². The Labute approximate surface area is 112 Å². The normalized spacial score (nSPS) is 14.4. The highest BCUT2D eigenvalue weighted by molar-refractivity contribution is 5.22. The Morgan fingerprint density at radius 1 is 1.33 bits per heavy atom. The molecule has 2 atom stereocenters. The van der Waals surface area contributed by atoms with Crippen LogP contribution in [0.2, 0.25) is 0 Å². The van der Waals surface area contributed by atoms with Crippen LogP contribution in [0.4, 0.5) is 0 Å². The molecule has 0 radical (unpaired) electrons. The Kier molecular flexibility index (Phi) is 6.96. The van der Waals surface area contributed by atoms with Crippen molar-refractivity contribution in [1.29, 1.82) is 0 Å². The lowest BCUT2D eigenvalue weighted by molar-refractivity contribution is 0.364. The van der Waals surface area contributed by atoms with Gasteiger partial charge in [0.1, 0.15) is 0 Å². The summed E-state index contributed by atoms with van der Waals surface area (Å²) >= 11 is 0. The van der Waals surface area contributed by atoms with E-state index in [9.17, 15) is 0 Å². The molecule has 2 nitrogen and oxygen atoms in total. The molecule has 1 aromatic rings. The van der Waals surface area contributed by atoms with Crippen LogP contribution in [0.25, 0.3) is 0 Å². The number of aromatic nitrogens is 1. The molecule has 1 heterocycles. The summed E-state index contributed by atoms with van der Waals surface area (Å²) in [7, 11) is 2.06. The average Bonchev–Trinajstić information content (AvgIpc) is 2.40. The quantitative estimate of drug-likeness (QED) is 0.743. The van der Waals surface area contributed by atoms with Crippen molar-refractivity contribution in [2.24, 2.45) is 5.92 Å². The second-order valence-electron chi connectivity index (χ2n) is 5.17. The number of hydrogen-bond acceptors (Lipinski definition) is 2. The third-order valence-corrected chi connectivity index (χ3v) is 3.88. The van der Waals surface area contributed by atoms with E-state index in [0.29, 0.717) is 6.04 Å². The van der Waals surface area contributed by atoms with Gasteiger partial charge in [0.15, 0.2) is 0 Å². The highest BCUT2D eigenvalue weighted by Gasteiger charge is 2.17. The minimum absolute atomic E-state index is 0.445. The molecule has 18 heavy (non-hydrogen) atoms. The summed E-state index contributed by atoms with van der Waals surface area (Å²) in [6.07, 6.45) is 8.37. The van der Waals surface area contributed by atoms with E-state index < -0.39 is 0 Å². The fraction of sp³-hybridized carbons (Fsp3) is 0.688. The van der Waals surface area contributed by atoms with E-state index in [1.54, 1.807) is 0 Å². The molecule has 0 spiro atoms. The van der Waals surface area contributed by atoms with Crippen LogP contribution in [0.1, 0.15) is 63.3 Å². The van der Waals surface area contributed by atoms with Crippen molar-refractivity contribution in [2.45, 2.75) is 58.9 Å². The van der Waals surface area contributed by atoms with E-state index in [2.05, 4.69) is 44.2 Å². The maximum atomic E-state index is 4.40. The van der Waals surface area contributed by atoms with E-state index in [1.807, 2.05) is 12.3 Å². The molecule has 0 aliphatic heterocycles. The maximum absolute atomic E-state index is 4.40. The number of hydrogen-bond donors (Lipinski definition) is 1. The summed E-state index contributed by atoms with van der Waals surface area (Å²) in [5.41, 5.74) is 2.51. The second-order valence-corrected chi connectivity index (χ2v) is 5.17. The molecule has 0 fully saturated rings. The molecule has 2 unspecified atom stereocenters. The van der Waals surface area contributed by atoms with Gasteiger partial charge in [0.05, 0.1) is 0 Å². The molecular formula is C16H28N2. The highest BCUT2D eigenvalue weighted by atomic mass is 14.9. The van der Waals surface area contributed by atoms with E-state index in [0.717, 1.165) is 11.6 Å². The van der Waals surface area contributed by atoms with Gasteiger partial charge in [-0.05, 0) is 37.9 Å². The third-order valence-electron chi connectivity index (χ3n) is 3.88. The second kappa shape index (κ2) is 8.25. The lowest BCUT2D eigenvalue weighted by Gasteiger charge is -2.23. The lowest BCUT2D eigenvalue weighted by atomic mass is 9.89. The smallest absolute Gasteiger partial charge is 0.0420 e. The molecule has 1 N–H and O–H groups in total. The topological polar surface area (TPSA) is 24.9 Å². The van der Waals surface area contributed by atoms with Crippen LogP contribution in [-0.4, -0.2) is 12.0 Å². The van der Waals surface area contributed by atoms with Crippen LogP contribution in [0.5, 0.6) is 0 Å². The van der Waals surface area contributed by atoms with Crippen LogP contribution in [-0.2, 0) is 0 Å². The zero-order valence-corrected chi connectivity index (χ0v) is 12.4. The van der Waals surface area contributed by atoms with Gasteiger partial charge in [-0.25, -0.2) is 0 Å². The maximum Gasteiger partial charge on any atom is 0.0420 e. The first kappa shape index (κ1) is 15.2. The SMILES string of the molecule is CCCCC(CC)CC(NC)c1cccnc1C. The number of rotatable bonds is 8. The van der Waals surface area contributed by atoms with E-state index in [-0.39, 0.29) is 0 Å². The van der Waals surface area contributed by atoms with E-state index >= 15 is 0 Å². The van der Waals surface area contributed by atoms with Crippen LogP contribution in [0.3, 0.4) is 0 Å². The van der Waals surface area contributed by atoms with Gasteiger partial charge in [-0.1, -0.05) is 45.6 Å². The molecular weight excluding hydrogens is 220 g/mol. The molecule has 0 amide bonds. The van der Waals surface area contributed by atoms with Gasteiger partial charge in [-0.15, -0.1) is 0 Å². The van der Waals surface area contributed by atoms with Crippen molar-refractivity contribution in [3.05, 3.63) is 29.6 Å². The molecule has 2 heteroatoms. The molecule has 102 valence electrons. The Bertz CT molecular complexity index is 336. The largest absolute Gasteiger partial charge is 0.313 e. The monoisotopic (exact) mass is 248 g/mol. The predicted molar refractivity (Wildman–Crippen MR) is 78.7 cm³/mol. The van der Waals surface area contributed by atoms with Crippen molar-refractivity contribution < 1.29 is 0 Å². The third kappa shape index (κ3) is 4.41. The zero-order valence-electron chi connectivity index (χ0n) is 12.4. The first-order chi connectivity index (χ1) is 8.72. The Balaban J connectivity index is 2.68. The fourth-order valence-electron chi connectivity index (χ4n) is 2.58. The predicted octanol–water partition coefficient (Wildman–Crippen LogP) is 4.26. The Hall–Kier alpha value is -0.890. The number of nitrogens with zero attached hydrogens (tertiary/aromatic N) is 1. The Morgan fingerprint density at radius 3 is 2.67 bits per heavy atom. The summed E-state index contributed by atoms with van der Waals surface area (Å²) < 4.78 is 0. The molecule has 0 aliphatic rings. The molecule has 0 saturated heterocycles. The van der Waals surface area contributed by atoms with Gasteiger partial charge < -0.3 is 5.32 Å². The first-order valence-electron chi connectivity index (χ1n) is 7.31. The molecule has 0 aliphatic carbocycles. The van der Waals surface area contributed by atoms with Gasteiger partial charge >= 0.3 is 0 Å². The van der Waals surface area contributed by atoms with Crippen molar-refractivity contribution in [3.8, 4) is 0 Å². The van der Waals surface area contributed by atoms with Crippen LogP contribution in [0, 0.1) is 12.8 Å². The minimum atomic E-state index is 0.445. The number of aryl methyl sites for hydroxylation is 1. The number of unbranched alkanes of at least 4 members (excludes halogenated alkanes) is 1. The fourth-order valence-corrected chi connectivity index (χ4v) is 2.58. The van der Waals surface area contributed by atoms with Crippen LogP contribution in [0.15, 0.2) is 18.3 Å². The molecule has 1 aromatic heterocycles. The zero-order chi connectivity index (χ0) is 13.4. The number of pyridine rings is 1. The summed E-state index contributed by atoms with van der Waals surface area (Å²) in [4.78, 5) is 4.40. The van der Waals surface area contributed by atoms with Gasteiger partial charge in [-0.2, -0.15) is 0 Å². The van der Waals surface area contributed by atoms with Crippen LogP contribution < -0.4 is 5.32 Å². The van der Waals surface area contributed by atoms with Crippen molar-refractivity contribution in [1.82, 2.24) is 10.3 Å². The summed E-state index contributed by atoms with van der Waals surface area (Å²) in [6.45, 7) is 6.68. The highest BCUT2D eigenvalue weighted by Crippen LogP contribution is 2.27. The van der Waals surface area contributed by atoms with Crippen molar-refractivity contribution >= 4 is 0 Å². The Morgan fingerprint density at radius 2 is 2.11 bits per heavy atom. The van der Waals surface area contributed by atoms with Gasteiger partial charge in [0, 0.05) is 17.9 Å². The summed E-state index contributed by atoms with van der Waals surface area (Å²) in [5.74, 6) is 0.821. The van der Waals surface area contributed by atoms with E-state index in [4.69, 9.17) is 0 Å². The molecule has 0 aromatic carbocycles. The van der Waals surface area contributed by atoms with Gasteiger partial charge in [0.25, 0.3) is 0 Å². The molecule has 0 saturated carbocycles. The summed E-state index contributed by atoms with van der Waals surface area (Å²) in [6, 6.07) is 4.69. The number of nitrogens with one attached hydrogen (secondary N) is 1. The molecule has 0 bridgehead atoms. The first-order valence-corrected chi connectivity index (χ1v) is 7.31. The molecule has 1 rings (SSSR count). The lowest BCUT2D eigenvalue weighted by Crippen LogP contribution is -2.21. The van der Waals surface area contributed by atoms with Gasteiger partial charge in [-0.3, -0.25) is 4.98 Å². The summed E-state index contributed by atoms with van der Waals surface area (Å²) in [5, 5.41) is 3.46. The van der Waals surface area contributed by atoms with E-state index in [1.165, 1.54) is 37.7 Å². The minimum Gasteiger partial charge on any atom is -0.313 e. The van der Waals surface area contributed by atoms with Crippen molar-refractivity contribution in [3.63, 3.8) is 0 Å².